The van der Waals surface area contributed by atoms with Crippen molar-refractivity contribution in [1.82, 2.24) is 4.72 Å². The maximum atomic E-state index is 14.0. The minimum atomic E-state index is -4.06. The molecule has 0 fully saturated rings. The summed E-state index contributed by atoms with van der Waals surface area (Å²) in [6.45, 7) is 9.51. The van der Waals surface area contributed by atoms with Crippen LogP contribution in [0.1, 0.15) is 41.0 Å². The Hall–Kier alpha value is -0.850. The number of nitrogen functional groups attached to an aromatic ring is 1. The van der Waals surface area contributed by atoms with Gasteiger partial charge in [-0.2, -0.15) is 0 Å². The lowest BCUT2D eigenvalue weighted by molar-refractivity contribution is 0.269. The van der Waals surface area contributed by atoms with E-state index >= 15 is 0 Å². The number of halogens is 2. The summed E-state index contributed by atoms with van der Waals surface area (Å²) in [6.07, 6.45) is 0.580. The molecule has 0 atom stereocenters. The molecule has 3 N–H and O–H groups in total. The van der Waals surface area contributed by atoms with Crippen molar-refractivity contribution in [1.29, 1.82) is 0 Å². The second-order valence-corrected chi connectivity index (χ2v) is 9.12. The van der Waals surface area contributed by atoms with Crippen LogP contribution in [0.15, 0.2) is 17.0 Å². The highest BCUT2D eigenvalue weighted by atomic mass is 35.5. The van der Waals surface area contributed by atoms with Gasteiger partial charge in [0.15, 0.2) is 5.82 Å². The first-order chi connectivity index (χ1) is 9.23. The van der Waals surface area contributed by atoms with Gasteiger partial charge in [0.05, 0.1) is 5.69 Å². The van der Waals surface area contributed by atoms with Gasteiger partial charge in [0.25, 0.3) is 0 Å². The number of benzene rings is 1. The summed E-state index contributed by atoms with van der Waals surface area (Å²) in [5.74, 6) is -0.988. The molecule has 21 heavy (non-hydrogen) atoms. The predicted molar refractivity (Wildman–Crippen MR) is 84.3 cm³/mol. The molecule has 0 unspecified atom stereocenters. The molecule has 1 rings (SSSR count). The van der Waals surface area contributed by atoms with Crippen LogP contribution in [0.2, 0.25) is 5.02 Å². The third-order valence-corrected chi connectivity index (χ3v) is 4.62. The Bertz CT molecular complexity index is 637. The fourth-order valence-electron chi connectivity index (χ4n) is 2.56. The summed E-state index contributed by atoms with van der Waals surface area (Å²) in [4.78, 5) is -0.533. The first kappa shape index (κ1) is 18.2. The zero-order valence-electron chi connectivity index (χ0n) is 12.9. The average molecular weight is 337 g/mol. The van der Waals surface area contributed by atoms with E-state index in [0.717, 1.165) is 6.07 Å². The molecule has 0 amide bonds. The van der Waals surface area contributed by atoms with Crippen LogP contribution in [0.5, 0.6) is 0 Å². The van der Waals surface area contributed by atoms with E-state index < -0.39 is 26.3 Å². The molecule has 0 bridgehead atoms. The van der Waals surface area contributed by atoms with E-state index in [-0.39, 0.29) is 16.1 Å². The number of nitrogens with one attached hydrogen (secondary N) is 1. The van der Waals surface area contributed by atoms with E-state index in [9.17, 15) is 12.8 Å². The summed E-state index contributed by atoms with van der Waals surface area (Å²) in [6, 6.07) is 2.24. The molecule has 0 saturated heterocycles. The lowest BCUT2D eigenvalue weighted by Crippen LogP contribution is -2.45. The molecule has 0 radical (unpaired) electrons. The molecular formula is C14H22ClFN2O2S. The molecule has 0 aliphatic heterocycles. The van der Waals surface area contributed by atoms with E-state index in [2.05, 4.69) is 4.72 Å². The summed E-state index contributed by atoms with van der Waals surface area (Å²) < 4.78 is 41.3. The Morgan fingerprint density at radius 2 is 1.76 bits per heavy atom. The first-order valence-corrected chi connectivity index (χ1v) is 8.38. The van der Waals surface area contributed by atoms with Gasteiger partial charge >= 0.3 is 0 Å². The van der Waals surface area contributed by atoms with Crippen molar-refractivity contribution in [3.8, 4) is 0 Å². The molecule has 7 heteroatoms. The van der Waals surface area contributed by atoms with E-state index in [1.54, 1.807) is 13.8 Å². The summed E-state index contributed by atoms with van der Waals surface area (Å²) >= 11 is 5.77. The Morgan fingerprint density at radius 1 is 1.24 bits per heavy atom. The zero-order chi connectivity index (χ0) is 16.6. The van der Waals surface area contributed by atoms with Gasteiger partial charge in [-0.3, -0.25) is 0 Å². The van der Waals surface area contributed by atoms with Crippen molar-refractivity contribution in [3.63, 3.8) is 0 Å². The molecule has 1 aromatic carbocycles. The predicted octanol–water partition coefficient (Wildman–Crippen LogP) is 3.55. The van der Waals surface area contributed by atoms with Gasteiger partial charge < -0.3 is 5.73 Å². The standard InChI is InChI=1S/C14H22ClFN2O2S/c1-13(2,3)8-14(4,5)18-21(19,20)11-7-9(15)6-10(17)12(11)16/h6-7,18H,8,17H2,1-5H3. The third-order valence-electron chi connectivity index (χ3n) is 2.70. The molecular weight excluding hydrogens is 315 g/mol. The maximum absolute atomic E-state index is 14.0. The highest BCUT2D eigenvalue weighted by Crippen LogP contribution is 2.30. The lowest BCUT2D eigenvalue weighted by Gasteiger charge is -2.33. The number of rotatable bonds is 4. The number of hydrogen-bond acceptors (Lipinski definition) is 3. The van der Waals surface area contributed by atoms with E-state index in [0.29, 0.717) is 6.42 Å². The SMILES string of the molecule is CC(C)(C)CC(C)(C)NS(=O)(=O)c1cc(Cl)cc(N)c1F. The van der Waals surface area contributed by atoms with Gasteiger partial charge in [-0.25, -0.2) is 17.5 Å². The van der Waals surface area contributed by atoms with Crippen molar-refractivity contribution >= 4 is 27.3 Å². The van der Waals surface area contributed by atoms with Crippen LogP contribution in [-0.2, 0) is 10.0 Å². The van der Waals surface area contributed by atoms with Crippen molar-refractivity contribution in [3.05, 3.63) is 23.0 Å². The fraction of sp³-hybridized carbons (Fsp3) is 0.571. The number of sulfonamides is 1. The van der Waals surface area contributed by atoms with Crippen LogP contribution in [0.25, 0.3) is 0 Å². The van der Waals surface area contributed by atoms with E-state index in [4.69, 9.17) is 17.3 Å². The Kier molecular flexibility index (Phi) is 4.98. The van der Waals surface area contributed by atoms with Crippen LogP contribution in [-0.4, -0.2) is 14.0 Å². The van der Waals surface area contributed by atoms with Crippen LogP contribution in [0.3, 0.4) is 0 Å². The van der Waals surface area contributed by atoms with Gasteiger partial charge in [0, 0.05) is 10.6 Å². The monoisotopic (exact) mass is 336 g/mol. The van der Waals surface area contributed by atoms with Gasteiger partial charge in [-0.05, 0) is 37.8 Å². The molecule has 120 valence electrons. The average Bonchev–Trinajstić information content (AvgIpc) is 2.17. The molecule has 1 aromatic rings. The summed E-state index contributed by atoms with van der Waals surface area (Å²) in [5, 5.41) is 0.0721. The molecule has 0 aliphatic rings. The van der Waals surface area contributed by atoms with E-state index in [1.165, 1.54) is 6.07 Å². The lowest BCUT2D eigenvalue weighted by atomic mass is 9.82. The molecule has 4 nitrogen and oxygen atoms in total. The van der Waals surface area contributed by atoms with Crippen molar-refractivity contribution in [2.24, 2.45) is 5.41 Å². The topological polar surface area (TPSA) is 72.2 Å². The normalized spacial score (nSPS) is 13.5. The van der Waals surface area contributed by atoms with Crippen molar-refractivity contribution in [2.75, 3.05) is 5.73 Å². The van der Waals surface area contributed by atoms with Gasteiger partial charge in [0.2, 0.25) is 10.0 Å². The molecule has 0 aliphatic carbocycles. The number of hydrogen-bond donors (Lipinski definition) is 2. The maximum Gasteiger partial charge on any atom is 0.244 e. The molecule has 0 spiro atoms. The Balaban J connectivity index is 3.19. The van der Waals surface area contributed by atoms with Crippen molar-refractivity contribution in [2.45, 2.75) is 51.5 Å². The van der Waals surface area contributed by atoms with Crippen LogP contribution >= 0.6 is 11.6 Å². The first-order valence-electron chi connectivity index (χ1n) is 6.52. The number of anilines is 1. The largest absolute Gasteiger partial charge is 0.396 e. The van der Waals surface area contributed by atoms with Crippen LogP contribution in [0.4, 0.5) is 10.1 Å². The highest BCUT2D eigenvalue weighted by Gasteiger charge is 2.32. The Morgan fingerprint density at radius 3 is 2.24 bits per heavy atom. The van der Waals surface area contributed by atoms with Crippen molar-refractivity contribution < 1.29 is 12.8 Å². The van der Waals surface area contributed by atoms with E-state index in [1.807, 2.05) is 20.8 Å². The molecule has 0 saturated carbocycles. The molecule has 0 aromatic heterocycles. The quantitative estimate of drug-likeness (QED) is 0.826. The Labute approximate surface area is 130 Å². The fourth-order valence-corrected chi connectivity index (χ4v) is 4.40. The molecule has 0 heterocycles. The smallest absolute Gasteiger partial charge is 0.244 e. The second kappa shape index (κ2) is 5.74. The second-order valence-electron chi connectivity index (χ2n) is 7.03. The zero-order valence-corrected chi connectivity index (χ0v) is 14.5. The van der Waals surface area contributed by atoms with Gasteiger partial charge in [-0.15, -0.1) is 0 Å². The van der Waals surface area contributed by atoms with Crippen LogP contribution in [0, 0.1) is 11.2 Å². The minimum Gasteiger partial charge on any atom is -0.396 e. The summed E-state index contributed by atoms with van der Waals surface area (Å²) in [5.41, 5.74) is 4.32. The minimum absolute atomic E-state index is 0.0721. The van der Waals surface area contributed by atoms with Gasteiger partial charge in [-0.1, -0.05) is 32.4 Å². The van der Waals surface area contributed by atoms with Crippen LogP contribution < -0.4 is 10.5 Å². The van der Waals surface area contributed by atoms with Gasteiger partial charge in [0.1, 0.15) is 4.90 Å². The third kappa shape index (κ3) is 5.13. The summed E-state index contributed by atoms with van der Waals surface area (Å²) in [7, 11) is -4.06. The number of nitrogens with two attached hydrogens (primary N) is 1. The highest BCUT2D eigenvalue weighted by molar-refractivity contribution is 7.89.